The summed E-state index contributed by atoms with van der Waals surface area (Å²) in [6.07, 6.45) is 1.88. The molecule has 0 unspecified atom stereocenters. The van der Waals surface area contributed by atoms with Crippen molar-refractivity contribution >= 4 is 22.9 Å². The van der Waals surface area contributed by atoms with E-state index in [4.69, 9.17) is 17.0 Å². The van der Waals surface area contributed by atoms with Crippen molar-refractivity contribution in [3.05, 3.63) is 58.1 Å². The molecule has 2 aromatic rings. The highest BCUT2D eigenvalue weighted by Crippen LogP contribution is 2.27. The molecule has 0 bridgehead atoms. The summed E-state index contributed by atoms with van der Waals surface area (Å²) in [7, 11) is 0. The Morgan fingerprint density at radius 1 is 1.04 bits per heavy atom. The van der Waals surface area contributed by atoms with E-state index in [9.17, 15) is 0 Å². The summed E-state index contributed by atoms with van der Waals surface area (Å²) in [4.78, 5) is 0.848. The molecule has 0 saturated heterocycles. The molecule has 24 heavy (non-hydrogen) atoms. The smallest absolute Gasteiger partial charge is 0.123 e. The molecule has 0 aromatic heterocycles. The average Bonchev–Trinajstić information content (AvgIpc) is 2.56. The number of anilines is 1. The largest absolute Gasteiger partial charge is 0.489 e. The summed E-state index contributed by atoms with van der Waals surface area (Å²) >= 11 is 5.33. The summed E-state index contributed by atoms with van der Waals surface area (Å²) in [5.74, 6) is 0.956. The topological polar surface area (TPSA) is 21.3 Å². The van der Waals surface area contributed by atoms with E-state index < -0.39 is 0 Å². The number of aryl methyl sites for hydroxylation is 4. The van der Waals surface area contributed by atoms with Gasteiger partial charge in [0.25, 0.3) is 0 Å². The number of nitrogens with one attached hydrogen (secondary N) is 1. The van der Waals surface area contributed by atoms with Crippen LogP contribution in [0.1, 0.15) is 48.1 Å². The highest BCUT2D eigenvalue weighted by molar-refractivity contribution is 7.80. The number of rotatable bonds is 6. The third-order valence-electron chi connectivity index (χ3n) is 4.39. The Balaban J connectivity index is 2.23. The molecule has 0 fully saturated rings. The number of benzene rings is 2. The number of hydrogen-bond donors (Lipinski definition) is 1. The number of ether oxygens (including phenoxy) is 1. The van der Waals surface area contributed by atoms with Crippen LogP contribution in [-0.2, 0) is 13.0 Å². The van der Waals surface area contributed by atoms with Gasteiger partial charge in [0.05, 0.1) is 4.99 Å². The van der Waals surface area contributed by atoms with Crippen molar-refractivity contribution in [2.24, 2.45) is 0 Å². The van der Waals surface area contributed by atoms with Gasteiger partial charge in [0, 0.05) is 11.3 Å². The minimum Gasteiger partial charge on any atom is -0.489 e. The van der Waals surface area contributed by atoms with Gasteiger partial charge in [-0.3, -0.25) is 0 Å². The number of thiocarbonyl (C=S) groups is 1. The number of hydrogen-bond acceptors (Lipinski definition) is 2. The Kier molecular flexibility index (Phi) is 6.38. The summed E-state index contributed by atoms with van der Waals surface area (Å²) in [5, 5.41) is 3.33. The molecule has 128 valence electrons. The molecular weight excluding hydrogens is 314 g/mol. The lowest BCUT2D eigenvalue weighted by Gasteiger charge is -2.17. The van der Waals surface area contributed by atoms with Crippen LogP contribution < -0.4 is 10.1 Å². The van der Waals surface area contributed by atoms with Crippen LogP contribution in [0.15, 0.2) is 30.3 Å². The fourth-order valence-corrected chi connectivity index (χ4v) is 2.90. The fraction of sp³-hybridized carbons (Fsp3) is 0.381. The molecule has 1 N–H and O–H groups in total. The zero-order valence-electron chi connectivity index (χ0n) is 15.3. The van der Waals surface area contributed by atoms with Gasteiger partial charge in [0.15, 0.2) is 0 Å². The van der Waals surface area contributed by atoms with Crippen molar-refractivity contribution in [3.63, 3.8) is 0 Å². The van der Waals surface area contributed by atoms with E-state index in [0.29, 0.717) is 6.61 Å². The molecule has 2 nitrogen and oxygen atoms in total. The van der Waals surface area contributed by atoms with Crippen molar-refractivity contribution in [2.75, 3.05) is 5.32 Å². The molecule has 0 aliphatic rings. The van der Waals surface area contributed by atoms with Gasteiger partial charge in [-0.1, -0.05) is 44.3 Å². The predicted octanol–water partition coefficient (Wildman–Crippen LogP) is 5.90. The lowest BCUT2D eigenvalue weighted by atomic mass is 10.0. The van der Waals surface area contributed by atoms with Gasteiger partial charge in [-0.25, -0.2) is 0 Å². The molecule has 0 amide bonds. The molecule has 0 atom stereocenters. The van der Waals surface area contributed by atoms with E-state index in [2.05, 4.69) is 64.2 Å². The first-order chi connectivity index (χ1) is 11.5. The van der Waals surface area contributed by atoms with Crippen molar-refractivity contribution < 1.29 is 4.74 Å². The van der Waals surface area contributed by atoms with Crippen LogP contribution in [0.3, 0.4) is 0 Å². The third-order valence-corrected chi connectivity index (χ3v) is 4.78. The second-order valence-electron chi connectivity index (χ2n) is 6.19. The SMILES string of the molecule is CCC(=S)Nc1cccc(C)c1COc1cc(C)c(CC)cc1C. The Hall–Kier alpha value is -1.87. The van der Waals surface area contributed by atoms with Gasteiger partial charge >= 0.3 is 0 Å². The van der Waals surface area contributed by atoms with Crippen LogP contribution in [0.5, 0.6) is 5.75 Å². The van der Waals surface area contributed by atoms with E-state index in [1.54, 1.807) is 0 Å². The lowest BCUT2D eigenvalue weighted by molar-refractivity contribution is 0.303. The second-order valence-corrected chi connectivity index (χ2v) is 6.68. The first kappa shape index (κ1) is 18.5. The highest BCUT2D eigenvalue weighted by atomic mass is 32.1. The Bertz CT molecular complexity index is 737. The van der Waals surface area contributed by atoms with Crippen LogP contribution in [0.2, 0.25) is 0 Å². The standard InChI is InChI=1S/C21H27NOS/c1-6-17-11-16(5)20(12-15(17)4)23-13-18-14(3)9-8-10-19(18)22-21(24)7-2/h8-12H,6-7,13H2,1-5H3,(H,22,24). The normalized spacial score (nSPS) is 10.5. The Morgan fingerprint density at radius 3 is 2.46 bits per heavy atom. The highest BCUT2D eigenvalue weighted by Gasteiger charge is 2.10. The first-order valence-electron chi connectivity index (χ1n) is 8.57. The third kappa shape index (κ3) is 4.35. The van der Waals surface area contributed by atoms with Crippen LogP contribution in [0.4, 0.5) is 5.69 Å². The van der Waals surface area contributed by atoms with Crippen molar-refractivity contribution in [2.45, 2.75) is 54.1 Å². The van der Waals surface area contributed by atoms with Gasteiger partial charge in [-0.05, 0) is 68.0 Å². The van der Waals surface area contributed by atoms with Crippen molar-refractivity contribution in [1.29, 1.82) is 0 Å². The van der Waals surface area contributed by atoms with Gasteiger partial charge in [0.2, 0.25) is 0 Å². The van der Waals surface area contributed by atoms with E-state index in [-0.39, 0.29) is 0 Å². The molecule has 0 aliphatic heterocycles. The van der Waals surface area contributed by atoms with Crippen LogP contribution in [-0.4, -0.2) is 4.99 Å². The first-order valence-corrected chi connectivity index (χ1v) is 8.98. The minimum atomic E-state index is 0.535. The maximum Gasteiger partial charge on any atom is 0.123 e. The van der Waals surface area contributed by atoms with E-state index in [1.807, 2.05) is 6.07 Å². The monoisotopic (exact) mass is 341 g/mol. The molecule has 0 radical (unpaired) electrons. The van der Waals surface area contributed by atoms with E-state index in [0.717, 1.165) is 34.8 Å². The van der Waals surface area contributed by atoms with Gasteiger partial charge in [0.1, 0.15) is 12.4 Å². The molecule has 3 heteroatoms. The zero-order valence-corrected chi connectivity index (χ0v) is 16.1. The van der Waals surface area contributed by atoms with Crippen LogP contribution >= 0.6 is 12.2 Å². The zero-order chi connectivity index (χ0) is 17.7. The molecular formula is C21H27NOS. The quantitative estimate of drug-likeness (QED) is 0.661. The Labute approximate surface area is 151 Å². The van der Waals surface area contributed by atoms with Gasteiger partial charge in [-0.2, -0.15) is 0 Å². The van der Waals surface area contributed by atoms with Gasteiger partial charge in [-0.15, -0.1) is 0 Å². The molecule has 0 spiro atoms. The minimum absolute atomic E-state index is 0.535. The molecule has 2 aromatic carbocycles. The maximum absolute atomic E-state index is 6.16. The molecule has 0 saturated carbocycles. The maximum atomic E-state index is 6.16. The summed E-state index contributed by atoms with van der Waals surface area (Å²) < 4.78 is 6.16. The Morgan fingerprint density at radius 2 is 1.79 bits per heavy atom. The van der Waals surface area contributed by atoms with Crippen molar-refractivity contribution in [3.8, 4) is 5.75 Å². The molecule has 0 heterocycles. The predicted molar refractivity (Wildman–Crippen MR) is 107 cm³/mol. The summed E-state index contributed by atoms with van der Waals surface area (Å²) in [6.45, 7) is 11.1. The fourth-order valence-electron chi connectivity index (χ4n) is 2.79. The molecule has 0 aliphatic carbocycles. The second kappa shape index (κ2) is 8.29. The van der Waals surface area contributed by atoms with E-state index in [1.165, 1.54) is 22.3 Å². The van der Waals surface area contributed by atoms with Crippen molar-refractivity contribution in [1.82, 2.24) is 0 Å². The lowest BCUT2D eigenvalue weighted by Crippen LogP contribution is -2.11. The van der Waals surface area contributed by atoms with Crippen LogP contribution in [0.25, 0.3) is 0 Å². The molecule has 2 rings (SSSR count). The summed E-state index contributed by atoms with van der Waals surface area (Å²) in [5.41, 5.74) is 7.26. The summed E-state index contributed by atoms with van der Waals surface area (Å²) in [6, 6.07) is 10.6. The average molecular weight is 342 g/mol. The van der Waals surface area contributed by atoms with E-state index >= 15 is 0 Å². The van der Waals surface area contributed by atoms with Crippen LogP contribution in [0, 0.1) is 20.8 Å². The van der Waals surface area contributed by atoms with Gasteiger partial charge < -0.3 is 10.1 Å².